The number of rotatable bonds is 6. The zero-order valence-electron chi connectivity index (χ0n) is 17.1. The molecule has 1 amide bonds. The minimum Gasteiger partial charge on any atom is -0.335 e. The van der Waals surface area contributed by atoms with Gasteiger partial charge in [0.2, 0.25) is 0 Å². The van der Waals surface area contributed by atoms with Gasteiger partial charge in [0, 0.05) is 18.0 Å². The smallest absolute Gasteiger partial charge is 0.264 e. The summed E-state index contributed by atoms with van der Waals surface area (Å²) >= 11 is 1.58. The van der Waals surface area contributed by atoms with Crippen LogP contribution in [0.15, 0.2) is 36.4 Å². The minimum atomic E-state index is 0. The fourth-order valence-corrected chi connectivity index (χ4v) is 5.15. The number of benzene rings is 1. The van der Waals surface area contributed by atoms with E-state index in [-0.39, 0.29) is 18.3 Å². The molecule has 2 aromatic heterocycles. The fourth-order valence-electron chi connectivity index (χ4n) is 4.03. The second kappa shape index (κ2) is 9.74. The number of hydrogen-bond acceptors (Lipinski definition) is 4. The Kier molecular flexibility index (Phi) is 7.33. The van der Waals surface area contributed by atoms with Gasteiger partial charge < -0.3 is 10.2 Å². The molecular weight excluding hydrogens is 404 g/mol. The molecule has 29 heavy (non-hydrogen) atoms. The van der Waals surface area contributed by atoms with Gasteiger partial charge in [-0.05, 0) is 50.9 Å². The Morgan fingerprint density at radius 1 is 1.28 bits per heavy atom. The van der Waals surface area contributed by atoms with Crippen LogP contribution in [0.3, 0.4) is 0 Å². The van der Waals surface area contributed by atoms with E-state index in [4.69, 9.17) is 5.10 Å². The van der Waals surface area contributed by atoms with Crippen molar-refractivity contribution >= 4 is 39.9 Å². The van der Waals surface area contributed by atoms with Crippen LogP contribution >= 0.6 is 23.7 Å². The molecule has 0 spiro atoms. The average molecular weight is 433 g/mol. The van der Waals surface area contributed by atoms with Gasteiger partial charge in [0.25, 0.3) is 5.91 Å². The summed E-state index contributed by atoms with van der Waals surface area (Å²) in [5.74, 6) is 0.181. The van der Waals surface area contributed by atoms with E-state index in [0.29, 0.717) is 6.04 Å². The molecule has 1 aliphatic rings. The summed E-state index contributed by atoms with van der Waals surface area (Å²) in [5.41, 5.74) is 2.21. The lowest BCUT2D eigenvalue weighted by atomic mass is 10.0. The average Bonchev–Trinajstić information content (AvgIpc) is 3.29. The Balaban J connectivity index is 0.00000240. The first-order chi connectivity index (χ1) is 13.7. The van der Waals surface area contributed by atoms with E-state index in [1.165, 1.54) is 5.56 Å². The van der Waals surface area contributed by atoms with Gasteiger partial charge in [0.1, 0.15) is 4.83 Å². The highest BCUT2D eigenvalue weighted by molar-refractivity contribution is 7.20. The van der Waals surface area contributed by atoms with Gasteiger partial charge in [0.15, 0.2) is 0 Å². The van der Waals surface area contributed by atoms with Crippen LogP contribution in [0.25, 0.3) is 10.2 Å². The third kappa shape index (κ3) is 4.65. The van der Waals surface area contributed by atoms with E-state index < -0.39 is 0 Å². The molecule has 1 fully saturated rings. The second-order valence-corrected chi connectivity index (χ2v) is 8.57. The number of carbonyl (C=O) groups is 1. The number of hydrogen-bond donors (Lipinski definition) is 1. The predicted octanol–water partition coefficient (Wildman–Crippen LogP) is 4.48. The number of fused-ring (bicyclic) bond motifs is 1. The van der Waals surface area contributed by atoms with Crippen LogP contribution < -0.4 is 5.32 Å². The van der Waals surface area contributed by atoms with Crippen LogP contribution in [0.4, 0.5) is 0 Å². The number of halogens is 1. The maximum absolute atomic E-state index is 13.4. The zero-order chi connectivity index (χ0) is 19.5. The molecule has 0 bridgehead atoms. The Labute approximate surface area is 182 Å². The topological polar surface area (TPSA) is 50.2 Å². The summed E-state index contributed by atoms with van der Waals surface area (Å²) in [6.07, 6.45) is 3.07. The SMILES string of the molecule is CCCN(C(=O)c1cc2c(C)nn(Cc3ccccc3)c2s1)C1CCNCC1.Cl. The first-order valence-electron chi connectivity index (χ1n) is 10.2. The summed E-state index contributed by atoms with van der Waals surface area (Å²) in [6, 6.07) is 12.8. The third-order valence-electron chi connectivity index (χ3n) is 5.47. The van der Waals surface area contributed by atoms with Crippen molar-refractivity contribution in [1.82, 2.24) is 20.0 Å². The molecule has 4 rings (SSSR count). The monoisotopic (exact) mass is 432 g/mol. The molecule has 0 saturated carbocycles. The Morgan fingerprint density at radius 2 is 2.00 bits per heavy atom. The highest BCUT2D eigenvalue weighted by atomic mass is 35.5. The summed E-state index contributed by atoms with van der Waals surface area (Å²) < 4.78 is 2.04. The van der Waals surface area contributed by atoms with Crippen molar-refractivity contribution in [2.45, 2.75) is 45.7 Å². The molecule has 0 atom stereocenters. The Hall–Kier alpha value is -1.89. The maximum atomic E-state index is 13.4. The van der Waals surface area contributed by atoms with Crippen molar-refractivity contribution in [1.29, 1.82) is 0 Å². The van der Waals surface area contributed by atoms with Crippen LogP contribution in [-0.2, 0) is 6.54 Å². The van der Waals surface area contributed by atoms with Gasteiger partial charge in [-0.1, -0.05) is 37.3 Å². The standard InChI is InChI=1S/C22H28N4OS.ClH/c1-3-13-25(18-9-11-23-12-10-18)21(27)20-14-19-16(2)24-26(22(19)28-20)15-17-7-5-4-6-8-17;/h4-8,14,18,23H,3,9-13,15H2,1-2H3;1H. The molecule has 0 unspecified atom stereocenters. The number of thiophene rings is 1. The molecule has 3 aromatic rings. The molecule has 0 radical (unpaired) electrons. The molecule has 3 heterocycles. The zero-order valence-corrected chi connectivity index (χ0v) is 18.7. The van der Waals surface area contributed by atoms with Gasteiger partial charge >= 0.3 is 0 Å². The normalized spacial score (nSPS) is 14.7. The van der Waals surface area contributed by atoms with Crippen LogP contribution in [0, 0.1) is 6.92 Å². The molecule has 1 N–H and O–H groups in total. The van der Waals surface area contributed by atoms with E-state index in [1.807, 2.05) is 29.8 Å². The summed E-state index contributed by atoms with van der Waals surface area (Å²) in [5, 5.41) is 9.21. The highest BCUT2D eigenvalue weighted by Gasteiger charge is 2.27. The van der Waals surface area contributed by atoms with Crippen LogP contribution in [0.1, 0.15) is 47.1 Å². The predicted molar refractivity (Wildman–Crippen MR) is 122 cm³/mol. The quantitative estimate of drug-likeness (QED) is 0.624. The third-order valence-corrected chi connectivity index (χ3v) is 6.60. The number of aryl methyl sites for hydroxylation is 1. The number of aromatic nitrogens is 2. The summed E-state index contributed by atoms with van der Waals surface area (Å²) in [6.45, 7) is 7.72. The molecule has 5 nitrogen and oxygen atoms in total. The molecule has 7 heteroatoms. The van der Waals surface area contributed by atoms with Crippen molar-refractivity contribution in [3.8, 4) is 0 Å². The first-order valence-corrected chi connectivity index (χ1v) is 11.0. The van der Waals surface area contributed by atoms with E-state index in [1.54, 1.807) is 11.3 Å². The summed E-state index contributed by atoms with van der Waals surface area (Å²) in [4.78, 5) is 17.4. The van der Waals surface area contributed by atoms with Crippen LogP contribution in [-0.4, -0.2) is 46.3 Å². The van der Waals surface area contributed by atoms with Gasteiger partial charge in [-0.15, -0.1) is 23.7 Å². The number of nitrogens with zero attached hydrogens (tertiary/aromatic N) is 3. The number of piperidine rings is 1. The Bertz CT molecular complexity index is 947. The second-order valence-electron chi connectivity index (χ2n) is 7.54. The first kappa shape index (κ1) is 21.8. The van der Waals surface area contributed by atoms with Crippen molar-refractivity contribution in [2.75, 3.05) is 19.6 Å². The van der Waals surface area contributed by atoms with Crippen LogP contribution in [0.2, 0.25) is 0 Å². The lowest BCUT2D eigenvalue weighted by Gasteiger charge is -2.34. The molecule has 156 valence electrons. The summed E-state index contributed by atoms with van der Waals surface area (Å²) in [7, 11) is 0. The van der Waals surface area contributed by atoms with Crippen molar-refractivity contribution in [3.05, 3.63) is 52.5 Å². The van der Waals surface area contributed by atoms with E-state index in [0.717, 1.165) is 66.2 Å². The van der Waals surface area contributed by atoms with E-state index in [9.17, 15) is 4.79 Å². The van der Waals surface area contributed by atoms with Crippen molar-refractivity contribution < 1.29 is 4.79 Å². The number of amides is 1. The van der Waals surface area contributed by atoms with Gasteiger partial charge in [-0.3, -0.25) is 9.48 Å². The fraction of sp³-hybridized carbons (Fsp3) is 0.455. The number of carbonyl (C=O) groups excluding carboxylic acids is 1. The molecule has 1 aromatic carbocycles. The van der Waals surface area contributed by atoms with Gasteiger partial charge in [0.05, 0.1) is 17.1 Å². The maximum Gasteiger partial charge on any atom is 0.264 e. The van der Waals surface area contributed by atoms with E-state index >= 15 is 0 Å². The van der Waals surface area contributed by atoms with E-state index in [2.05, 4.69) is 35.3 Å². The number of nitrogens with one attached hydrogen (secondary N) is 1. The van der Waals surface area contributed by atoms with Crippen LogP contribution in [0.5, 0.6) is 0 Å². The van der Waals surface area contributed by atoms with Crippen molar-refractivity contribution in [2.24, 2.45) is 0 Å². The van der Waals surface area contributed by atoms with Crippen molar-refractivity contribution in [3.63, 3.8) is 0 Å². The highest BCUT2D eigenvalue weighted by Crippen LogP contribution is 2.30. The molecule has 0 aliphatic carbocycles. The molecule has 1 saturated heterocycles. The Morgan fingerprint density at radius 3 is 2.69 bits per heavy atom. The minimum absolute atomic E-state index is 0. The van der Waals surface area contributed by atoms with Gasteiger partial charge in [-0.2, -0.15) is 5.10 Å². The molecular formula is C22H29ClN4OS. The van der Waals surface area contributed by atoms with Gasteiger partial charge in [-0.25, -0.2) is 0 Å². The molecule has 1 aliphatic heterocycles. The lowest BCUT2D eigenvalue weighted by Crippen LogP contribution is -2.46. The largest absolute Gasteiger partial charge is 0.335 e. The lowest BCUT2D eigenvalue weighted by molar-refractivity contribution is 0.0648.